The first kappa shape index (κ1) is 15.3. The van der Waals surface area contributed by atoms with Crippen molar-refractivity contribution in [1.29, 1.82) is 0 Å². The summed E-state index contributed by atoms with van der Waals surface area (Å²) in [6, 6.07) is 0. The van der Waals surface area contributed by atoms with Crippen LogP contribution in [0.5, 0.6) is 0 Å². The molecule has 0 aromatic rings. The normalized spacial score (nSPS) is 28.5. The number of alkyl carbamates (subject to hydrolysis) is 1. The number of carbonyl (C=O) groups is 1. The molecule has 3 heteroatoms. The van der Waals surface area contributed by atoms with E-state index in [9.17, 15) is 4.79 Å². The number of hydrogen-bond acceptors (Lipinski definition) is 2. The van der Waals surface area contributed by atoms with E-state index in [1.807, 2.05) is 0 Å². The van der Waals surface area contributed by atoms with Crippen molar-refractivity contribution in [2.24, 2.45) is 23.7 Å². The molecule has 0 heterocycles. The number of ether oxygens (including phenoxy) is 1. The molecule has 0 aliphatic heterocycles. The van der Waals surface area contributed by atoms with Crippen LogP contribution in [0.2, 0.25) is 0 Å². The monoisotopic (exact) mass is 255 g/mol. The van der Waals surface area contributed by atoms with Gasteiger partial charge >= 0.3 is 6.09 Å². The summed E-state index contributed by atoms with van der Waals surface area (Å²) in [6.07, 6.45) is 3.31. The second-order valence-corrected chi connectivity index (χ2v) is 6.54. The Labute approximate surface area is 112 Å². The highest BCUT2D eigenvalue weighted by atomic mass is 16.6. The van der Waals surface area contributed by atoms with E-state index in [-0.39, 0.29) is 12.2 Å². The lowest BCUT2D eigenvalue weighted by atomic mass is 9.75. The van der Waals surface area contributed by atoms with Gasteiger partial charge in [-0.2, -0.15) is 0 Å². The first-order chi connectivity index (χ1) is 8.40. The minimum Gasteiger partial charge on any atom is -0.446 e. The maximum Gasteiger partial charge on any atom is 0.407 e. The summed E-state index contributed by atoms with van der Waals surface area (Å²) in [6.45, 7) is 11.6. The Balaban J connectivity index is 2.47. The van der Waals surface area contributed by atoms with Crippen molar-refractivity contribution in [1.82, 2.24) is 5.32 Å². The molecule has 0 saturated heterocycles. The lowest BCUT2D eigenvalue weighted by molar-refractivity contribution is 0.00595. The standard InChI is InChI=1S/C15H29NO2/c1-10(2)9-16-15(17)18-14-8-12(5)6-7-13(14)11(3)4/h10-14H,6-9H2,1-5H3,(H,16,17). The van der Waals surface area contributed by atoms with E-state index in [2.05, 4.69) is 39.9 Å². The number of hydrogen-bond donors (Lipinski definition) is 1. The van der Waals surface area contributed by atoms with Gasteiger partial charge < -0.3 is 10.1 Å². The average Bonchev–Trinajstić information content (AvgIpc) is 2.26. The molecule has 18 heavy (non-hydrogen) atoms. The van der Waals surface area contributed by atoms with Gasteiger partial charge in [-0.15, -0.1) is 0 Å². The van der Waals surface area contributed by atoms with Crippen LogP contribution in [0.15, 0.2) is 0 Å². The zero-order valence-electron chi connectivity index (χ0n) is 12.5. The minimum absolute atomic E-state index is 0.0981. The number of nitrogens with one attached hydrogen (secondary N) is 1. The SMILES string of the molecule is CC(C)CNC(=O)OC1CC(C)CCC1C(C)C. The van der Waals surface area contributed by atoms with E-state index >= 15 is 0 Å². The molecule has 0 spiro atoms. The van der Waals surface area contributed by atoms with Crippen molar-refractivity contribution in [2.45, 2.75) is 60.0 Å². The Hall–Kier alpha value is -0.730. The van der Waals surface area contributed by atoms with Gasteiger partial charge in [-0.1, -0.05) is 41.0 Å². The summed E-state index contributed by atoms with van der Waals surface area (Å²) < 4.78 is 5.64. The van der Waals surface area contributed by atoms with Crippen molar-refractivity contribution in [2.75, 3.05) is 6.54 Å². The van der Waals surface area contributed by atoms with Gasteiger partial charge in [0.25, 0.3) is 0 Å². The third kappa shape index (κ3) is 4.87. The third-order valence-electron chi connectivity index (χ3n) is 3.87. The van der Waals surface area contributed by atoms with Crippen LogP contribution in [-0.4, -0.2) is 18.7 Å². The molecular formula is C15H29NO2. The topological polar surface area (TPSA) is 38.3 Å². The first-order valence-electron chi connectivity index (χ1n) is 7.34. The van der Waals surface area contributed by atoms with E-state index in [1.54, 1.807) is 0 Å². The van der Waals surface area contributed by atoms with Crippen molar-refractivity contribution < 1.29 is 9.53 Å². The van der Waals surface area contributed by atoms with E-state index in [0.717, 1.165) is 6.42 Å². The van der Waals surface area contributed by atoms with Crippen LogP contribution in [0.25, 0.3) is 0 Å². The van der Waals surface area contributed by atoms with Crippen LogP contribution in [0.1, 0.15) is 53.9 Å². The summed E-state index contributed by atoms with van der Waals surface area (Å²) in [5.41, 5.74) is 0. The van der Waals surface area contributed by atoms with E-state index < -0.39 is 0 Å². The van der Waals surface area contributed by atoms with Gasteiger partial charge in [0.05, 0.1) is 0 Å². The quantitative estimate of drug-likeness (QED) is 0.829. The fourth-order valence-corrected chi connectivity index (χ4v) is 2.72. The predicted molar refractivity (Wildman–Crippen MR) is 74.5 cm³/mol. The zero-order chi connectivity index (χ0) is 13.7. The molecule has 0 aromatic heterocycles. The molecule has 106 valence electrons. The largest absolute Gasteiger partial charge is 0.446 e. The first-order valence-corrected chi connectivity index (χ1v) is 7.34. The van der Waals surface area contributed by atoms with Crippen LogP contribution >= 0.6 is 0 Å². The van der Waals surface area contributed by atoms with Gasteiger partial charge in [0.1, 0.15) is 6.10 Å². The zero-order valence-corrected chi connectivity index (χ0v) is 12.5. The molecule has 1 aliphatic carbocycles. The summed E-state index contributed by atoms with van der Waals surface area (Å²) in [4.78, 5) is 11.8. The lowest BCUT2D eigenvalue weighted by Crippen LogP contribution is -2.39. The Bertz CT molecular complexity index is 263. The summed E-state index contributed by atoms with van der Waals surface area (Å²) in [7, 11) is 0. The molecule has 0 bridgehead atoms. The van der Waals surface area contributed by atoms with Crippen molar-refractivity contribution >= 4 is 6.09 Å². The molecule has 0 radical (unpaired) electrons. The van der Waals surface area contributed by atoms with Gasteiger partial charge in [0.15, 0.2) is 0 Å². The Kier molecular flexibility index (Phi) is 5.97. The molecule has 1 aliphatic rings. The summed E-state index contributed by atoms with van der Waals surface area (Å²) in [5.74, 6) is 2.23. The molecular weight excluding hydrogens is 226 g/mol. The summed E-state index contributed by atoms with van der Waals surface area (Å²) in [5, 5.41) is 2.84. The molecule has 1 amide bonds. The highest BCUT2D eigenvalue weighted by molar-refractivity contribution is 5.67. The maximum atomic E-state index is 11.8. The van der Waals surface area contributed by atoms with E-state index in [1.165, 1.54) is 12.8 Å². The number of carbonyl (C=O) groups excluding carboxylic acids is 1. The Morgan fingerprint density at radius 2 is 1.94 bits per heavy atom. The van der Waals surface area contributed by atoms with Gasteiger partial charge in [-0.05, 0) is 36.5 Å². The molecule has 0 aromatic carbocycles. The second kappa shape index (κ2) is 7.01. The van der Waals surface area contributed by atoms with E-state index in [4.69, 9.17) is 4.74 Å². The Morgan fingerprint density at radius 1 is 1.28 bits per heavy atom. The van der Waals surface area contributed by atoms with E-state index in [0.29, 0.717) is 30.2 Å². The maximum absolute atomic E-state index is 11.8. The van der Waals surface area contributed by atoms with Crippen LogP contribution in [0, 0.1) is 23.7 Å². The van der Waals surface area contributed by atoms with Crippen LogP contribution < -0.4 is 5.32 Å². The van der Waals surface area contributed by atoms with Crippen LogP contribution in [-0.2, 0) is 4.74 Å². The summed E-state index contributed by atoms with van der Waals surface area (Å²) >= 11 is 0. The van der Waals surface area contributed by atoms with Crippen molar-refractivity contribution in [3.05, 3.63) is 0 Å². The molecule has 1 fully saturated rings. The Morgan fingerprint density at radius 3 is 2.50 bits per heavy atom. The lowest BCUT2D eigenvalue weighted by Gasteiger charge is -2.36. The molecule has 1 N–H and O–H groups in total. The highest BCUT2D eigenvalue weighted by Crippen LogP contribution is 2.35. The second-order valence-electron chi connectivity index (χ2n) is 6.54. The fraction of sp³-hybridized carbons (Fsp3) is 0.933. The minimum atomic E-state index is -0.242. The van der Waals surface area contributed by atoms with Gasteiger partial charge in [0.2, 0.25) is 0 Å². The van der Waals surface area contributed by atoms with Crippen molar-refractivity contribution in [3.8, 4) is 0 Å². The number of rotatable bonds is 4. The molecule has 1 rings (SSSR count). The van der Waals surface area contributed by atoms with Crippen LogP contribution in [0.4, 0.5) is 4.79 Å². The predicted octanol–water partition coefficient (Wildman–Crippen LogP) is 3.83. The van der Waals surface area contributed by atoms with Gasteiger partial charge in [0, 0.05) is 6.54 Å². The number of amides is 1. The molecule has 3 atom stereocenters. The van der Waals surface area contributed by atoms with Crippen LogP contribution in [0.3, 0.4) is 0 Å². The molecule has 1 saturated carbocycles. The van der Waals surface area contributed by atoms with Gasteiger partial charge in [-0.25, -0.2) is 4.79 Å². The fourth-order valence-electron chi connectivity index (χ4n) is 2.72. The van der Waals surface area contributed by atoms with Gasteiger partial charge in [-0.3, -0.25) is 0 Å². The third-order valence-corrected chi connectivity index (χ3v) is 3.87. The smallest absolute Gasteiger partial charge is 0.407 e. The van der Waals surface area contributed by atoms with Crippen molar-refractivity contribution in [3.63, 3.8) is 0 Å². The average molecular weight is 255 g/mol. The molecule has 3 unspecified atom stereocenters. The highest BCUT2D eigenvalue weighted by Gasteiger charge is 2.33. The molecule has 3 nitrogen and oxygen atoms in total.